The zero-order chi connectivity index (χ0) is 18.0. The van der Waals surface area contributed by atoms with E-state index < -0.39 is 0 Å². The fourth-order valence-corrected chi connectivity index (χ4v) is 3.68. The van der Waals surface area contributed by atoms with E-state index in [1.54, 1.807) is 0 Å². The Morgan fingerprint density at radius 3 is 2.58 bits per heavy atom. The highest BCUT2D eigenvalue weighted by Gasteiger charge is 2.15. The molecule has 144 valence electrons. The molecule has 0 bridgehead atoms. The number of hydrogen-bond acceptors (Lipinski definition) is 3. The van der Waals surface area contributed by atoms with Crippen LogP contribution in [0.15, 0.2) is 29.3 Å². The Balaban J connectivity index is 1.44. The number of hydrogen-bond donors (Lipinski definition) is 2. The van der Waals surface area contributed by atoms with Crippen molar-refractivity contribution in [2.45, 2.75) is 58.2 Å². The molecule has 0 spiro atoms. The second-order valence-corrected chi connectivity index (χ2v) is 7.35. The van der Waals surface area contributed by atoms with Crippen LogP contribution in [0, 0.1) is 0 Å². The molecule has 3 rings (SSSR count). The van der Waals surface area contributed by atoms with Gasteiger partial charge < -0.3 is 15.4 Å². The average molecular weight is 359 g/mol. The summed E-state index contributed by atoms with van der Waals surface area (Å²) in [4.78, 5) is 7.26. The summed E-state index contributed by atoms with van der Waals surface area (Å²) < 4.78 is 5.68. The van der Waals surface area contributed by atoms with E-state index in [0.717, 1.165) is 38.6 Å². The number of nitrogens with zero attached hydrogens (tertiary/aromatic N) is 2. The lowest BCUT2D eigenvalue weighted by Gasteiger charge is -2.15. The highest BCUT2D eigenvalue weighted by molar-refractivity contribution is 5.79. The Morgan fingerprint density at radius 2 is 1.88 bits per heavy atom. The van der Waals surface area contributed by atoms with E-state index in [9.17, 15) is 0 Å². The van der Waals surface area contributed by atoms with Crippen molar-refractivity contribution in [1.82, 2.24) is 15.5 Å². The Kier molecular flexibility index (Phi) is 7.77. The first-order valence-electron chi connectivity index (χ1n) is 10.3. The molecule has 2 aliphatic rings. The topological polar surface area (TPSA) is 48.9 Å². The minimum atomic E-state index is 0.425. The summed E-state index contributed by atoms with van der Waals surface area (Å²) in [5, 5.41) is 6.76. The minimum absolute atomic E-state index is 0.425. The molecule has 0 aromatic heterocycles. The summed E-state index contributed by atoms with van der Waals surface area (Å²) >= 11 is 0. The van der Waals surface area contributed by atoms with Crippen molar-refractivity contribution >= 4 is 5.96 Å². The van der Waals surface area contributed by atoms with Crippen molar-refractivity contribution < 1.29 is 4.74 Å². The van der Waals surface area contributed by atoms with Crippen LogP contribution in [0.3, 0.4) is 0 Å². The van der Waals surface area contributed by atoms with Crippen molar-refractivity contribution in [1.29, 1.82) is 0 Å². The van der Waals surface area contributed by atoms with Crippen LogP contribution in [0.2, 0.25) is 0 Å². The smallest absolute Gasteiger partial charge is 0.191 e. The number of aliphatic imine (C=N–C) groups is 1. The van der Waals surface area contributed by atoms with Crippen LogP contribution in [0.4, 0.5) is 0 Å². The fraction of sp³-hybridized carbons (Fsp3) is 0.667. The summed E-state index contributed by atoms with van der Waals surface area (Å²) in [5.74, 6) is 0.895. The standard InChI is InChI=1S/C21H34N4O/c1-2-22-21(23-12-11-20-6-5-15-26-20)24-16-18-7-9-19(10-8-18)17-25-13-3-4-14-25/h7-10,20H,2-6,11-17H2,1H3,(H2,22,23,24). The quantitative estimate of drug-likeness (QED) is 0.554. The Hall–Kier alpha value is -1.59. The molecule has 1 unspecified atom stereocenters. The molecule has 5 heteroatoms. The van der Waals surface area contributed by atoms with Gasteiger partial charge in [0, 0.05) is 26.2 Å². The lowest BCUT2D eigenvalue weighted by atomic mass is 10.1. The summed E-state index contributed by atoms with van der Waals surface area (Å²) in [6.07, 6.45) is 6.56. The van der Waals surface area contributed by atoms with Crippen LogP contribution in [0.25, 0.3) is 0 Å². The molecule has 0 amide bonds. The normalized spacial score (nSPS) is 21.3. The molecule has 1 aromatic carbocycles. The first kappa shape index (κ1) is 19.2. The number of nitrogens with one attached hydrogen (secondary N) is 2. The number of likely N-dealkylation sites (tertiary alicyclic amines) is 1. The molecule has 2 fully saturated rings. The van der Waals surface area contributed by atoms with Crippen LogP contribution in [0.1, 0.15) is 50.2 Å². The number of benzene rings is 1. The van der Waals surface area contributed by atoms with E-state index in [0.29, 0.717) is 12.6 Å². The third-order valence-corrected chi connectivity index (χ3v) is 5.17. The monoisotopic (exact) mass is 358 g/mol. The van der Waals surface area contributed by atoms with E-state index in [2.05, 4.69) is 46.7 Å². The van der Waals surface area contributed by atoms with E-state index in [-0.39, 0.29) is 0 Å². The van der Waals surface area contributed by atoms with Crippen LogP contribution in [0.5, 0.6) is 0 Å². The van der Waals surface area contributed by atoms with Gasteiger partial charge in [-0.1, -0.05) is 24.3 Å². The first-order chi connectivity index (χ1) is 12.8. The van der Waals surface area contributed by atoms with Crippen molar-refractivity contribution in [3.05, 3.63) is 35.4 Å². The zero-order valence-electron chi connectivity index (χ0n) is 16.2. The summed E-state index contributed by atoms with van der Waals surface area (Å²) in [7, 11) is 0. The zero-order valence-corrected chi connectivity index (χ0v) is 16.2. The Bertz CT molecular complexity index is 546. The SMILES string of the molecule is CCNC(=NCc1ccc(CN2CCCC2)cc1)NCCC1CCCO1. The molecule has 1 aromatic rings. The number of ether oxygens (including phenoxy) is 1. The molecule has 2 N–H and O–H groups in total. The number of rotatable bonds is 8. The van der Waals surface area contributed by atoms with Gasteiger partial charge in [0.05, 0.1) is 12.6 Å². The molecule has 5 nitrogen and oxygen atoms in total. The summed E-state index contributed by atoms with van der Waals surface area (Å²) in [5.41, 5.74) is 2.66. The van der Waals surface area contributed by atoms with Crippen molar-refractivity contribution in [2.75, 3.05) is 32.8 Å². The maximum atomic E-state index is 5.68. The molecule has 0 aliphatic carbocycles. The van der Waals surface area contributed by atoms with Gasteiger partial charge in [-0.25, -0.2) is 4.99 Å². The van der Waals surface area contributed by atoms with Crippen LogP contribution >= 0.6 is 0 Å². The van der Waals surface area contributed by atoms with Crippen LogP contribution in [-0.4, -0.2) is 49.7 Å². The third-order valence-electron chi connectivity index (χ3n) is 5.17. The maximum Gasteiger partial charge on any atom is 0.191 e. The van der Waals surface area contributed by atoms with Crippen molar-refractivity contribution in [3.8, 4) is 0 Å². The van der Waals surface area contributed by atoms with Gasteiger partial charge in [0.25, 0.3) is 0 Å². The van der Waals surface area contributed by atoms with Crippen molar-refractivity contribution in [2.24, 2.45) is 4.99 Å². The van der Waals surface area contributed by atoms with Gasteiger partial charge in [-0.15, -0.1) is 0 Å². The van der Waals surface area contributed by atoms with E-state index >= 15 is 0 Å². The van der Waals surface area contributed by atoms with Gasteiger partial charge in [0.2, 0.25) is 0 Å². The van der Waals surface area contributed by atoms with Gasteiger partial charge >= 0.3 is 0 Å². The largest absolute Gasteiger partial charge is 0.378 e. The highest BCUT2D eigenvalue weighted by atomic mass is 16.5. The van der Waals surface area contributed by atoms with Crippen LogP contribution < -0.4 is 10.6 Å². The molecular weight excluding hydrogens is 324 g/mol. The molecule has 1 atom stereocenters. The molecule has 2 heterocycles. The lowest BCUT2D eigenvalue weighted by Crippen LogP contribution is -2.38. The Morgan fingerprint density at radius 1 is 1.12 bits per heavy atom. The summed E-state index contributed by atoms with van der Waals surface area (Å²) in [6, 6.07) is 8.93. The summed E-state index contributed by atoms with van der Waals surface area (Å²) in [6.45, 7) is 9.09. The molecule has 2 saturated heterocycles. The van der Waals surface area contributed by atoms with Crippen LogP contribution in [-0.2, 0) is 17.8 Å². The minimum Gasteiger partial charge on any atom is -0.378 e. The highest BCUT2D eigenvalue weighted by Crippen LogP contribution is 2.15. The van der Waals surface area contributed by atoms with Gasteiger partial charge in [-0.05, 0) is 63.2 Å². The lowest BCUT2D eigenvalue weighted by molar-refractivity contribution is 0.105. The van der Waals surface area contributed by atoms with Gasteiger partial charge in [-0.2, -0.15) is 0 Å². The number of guanidine groups is 1. The van der Waals surface area contributed by atoms with Gasteiger partial charge in [0.1, 0.15) is 0 Å². The fourth-order valence-electron chi connectivity index (χ4n) is 3.68. The molecule has 0 radical (unpaired) electrons. The predicted molar refractivity (Wildman–Crippen MR) is 107 cm³/mol. The first-order valence-corrected chi connectivity index (χ1v) is 10.3. The molecule has 2 aliphatic heterocycles. The molecular formula is C21H34N4O. The average Bonchev–Trinajstić information content (AvgIpc) is 3.35. The van der Waals surface area contributed by atoms with Gasteiger partial charge in [0.15, 0.2) is 5.96 Å². The van der Waals surface area contributed by atoms with E-state index in [1.807, 2.05) is 0 Å². The Labute approximate surface area is 158 Å². The van der Waals surface area contributed by atoms with E-state index in [1.165, 1.54) is 49.9 Å². The second-order valence-electron chi connectivity index (χ2n) is 7.35. The predicted octanol–water partition coefficient (Wildman–Crippen LogP) is 2.91. The van der Waals surface area contributed by atoms with Crippen molar-refractivity contribution in [3.63, 3.8) is 0 Å². The third kappa shape index (κ3) is 6.29. The van der Waals surface area contributed by atoms with E-state index in [4.69, 9.17) is 9.73 Å². The maximum absolute atomic E-state index is 5.68. The molecule has 26 heavy (non-hydrogen) atoms. The molecule has 0 saturated carbocycles. The second kappa shape index (κ2) is 10.5. The van der Waals surface area contributed by atoms with Gasteiger partial charge in [-0.3, -0.25) is 4.90 Å².